The highest BCUT2D eigenvalue weighted by Gasteiger charge is 2.12. The molecule has 0 fully saturated rings. The fourth-order valence-corrected chi connectivity index (χ4v) is 3.37. The van der Waals surface area contributed by atoms with E-state index in [1.165, 1.54) is 27.9 Å². The predicted molar refractivity (Wildman–Crippen MR) is 118 cm³/mol. The highest BCUT2D eigenvalue weighted by atomic mass is 32.2. The lowest BCUT2D eigenvalue weighted by Crippen LogP contribution is -2.32. The summed E-state index contributed by atoms with van der Waals surface area (Å²) in [5.41, 5.74) is 4.63. The zero-order valence-electron chi connectivity index (χ0n) is 15.3. The Morgan fingerprint density at radius 3 is 2.86 bits per heavy atom. The van der Waals surface area contributed by atoms with Crippen LogP contribution in [0.15, 0.2) is 81.1 Å². The van der Waals surface area contributed by atoms with Gasteiger partial charge in [0.1, 0.15) is 10.7 Å². The zero-order valence-corrected chi connectivity index (χ0v) is 16.9. The van der Waals surface area contributed by atoms with Gasteiger partial charge in [-0.25, -0.2) is 4.98 Å². The Bertz CT molecular complexity index is 1090. The first kappa shape index (κ1) is 19.8. The molecule has 2 aromatic heterocycles. The Labute approximate surface area is 172 Å². The number of hydrazone groups is 1. The summed E-state index contributed by atoms with van der Waals surface area (Å²) in [5.74, 6) is 0. The number of aromatic nitrogens is 2. The van der Waals surface area contributed by atoms with Crippen molar-refractivity contribution in [3.8, 4) is 0 Å². The number of hydrogen-bond donors (Lipinski definition) is 2. The summed E-state index contributed by atoms with van der Waals surface area (Å²) < 4.78 is 1.49. The molecule has 0 bridgehead atoms. The van der Waals surface area contributed by atoms with Crippen LogP contribution in [0.2, 0.25) is 0 Å². The molecule has 8 heteroatoms. The predicted octanol–water partition coefficient (Wildman–Crippen LogP) is 3.14. The van der Waals surface area contributed by atoms with Crippen molar-refractivity contribution in [3.63, 3.8) is 0 Å². The molecule has 0 unspecified atom stereocenters. The van der Waals surface area contributed by atoms with Crippen molar-refractivity contribution in [1.29, 1.82) is 0 Å². The third-order valence-corrected chi connectivity index (χ3v) is 4.98. The minimum atomic E-state index is -0.198. The Balaban J connectivity index is 1.96. The number of fused-ring (bicyclic) bond motifs is 1. The van der Waals surface area contributed by atoms with Crippen molar-refractivity contribution < 1.29 is 0 Å². The number of rotatable bonds is 6. The summed E-state index contributed by atoms with van der Waals surface area (Å²) in [6.45, 7) is 6.17. The number of aryl methyl sites for hydroxylation is 1. The quantitative estimate of drug-likeness (QED) is 0.214. The van der Waals surface area contributed by atoms with Crippen LogP contribution in [-0.4, -0.2) is 27.3 Å². The van der Waals surface area contributed by atoms with Gasteiger partial charge in [-0.3, -0.25) is 14.6 Å². The van der Waals surface area contributed by atoms with Gasteiger partial charge >= 0.3 is 0 Å². The molecule has 0 aliphatic heterocycles. The number of nitrogens with one attached hydrogen (secondary N) is 2. The van der Waals surface area contributed by atoms with E-state index in [-0.39, 0.29) is 5.56 Å². The maximum absolute atomic E-state index is 13.0. The topological polar surface area (TPSA) is 70.8 Å². The van der Waals surface area contributed by atoms with Gasteiger partial charge in [-0.1, -0.05) is 41.6 Å². The molecule has 3 aromatic rings. The summed E-state index contributed by atoms with van der Waals surface area (Å²) in [4.78, 5) is 18.6. The highest BCUT2D eigenvalue weighted by Crippen LogP contribution is 2.27. The van der Waals surface area contributed by atoms with Crippen molar-refractivity contribution in [2.24, 2.45) is 5.10 Å². The SMILES string of the molecule is C=CCNC(=S)N/N=C/c1c(Sc2ccc(C)cc2)nc2ccccn2c1=O. The van der Waals surface area contributed by atoms with Crippen LogP contribution >= 0.6 is 24.0 Å². The van der Waals surface area contributed by atoms with E-state index in [4.69, 9.17) is 12.2 Å². The van der Waals surface area contributed by atoms with Gasteiger partial charge in [0.25, 0.3) is 5.56 Å². The summed E-state index contributed by atoms with van der Waals surface area (Å²) in [6, 6.07) is 13.5. The maximum Gasteiger partial charge on any atom is 0.267 e. The summed E-state index contributed by atoms with van der Waals surface area (Å²) in [7, 11) is 0. The molecule has 6 nitrogen and oxygen atoms in total. The minimum Gasteiger partial charge on any atom is -0.358 e. The lowest BCUT2D eigenvalue weighted by Gasteiger charge is -2.08. The Morgan fingerprint density at radius 1 is 1.32 bits per heavy atom. The number of thiocarbonyl (C=S) groups is 1. The van der Waals surface area contributed by atoms with E-state index >= 15 is 0 Å². The molecule has 0 amide bonds. The molecule has 2 N–H and O–H groups in total. The molecule has 0 radical (unpaired) electrons. The molecule has 142 valence electrons. The van der Waals surface area contributed by atoms with E-state index in [2.05, 4.69) is 27.4 Å². The number of nitrogens with zero attached hydrogens (tertiary/aromatic N) is 3. The fraction of sp³-hybridized carbons (Fsp3) is 0.100. The lowest BCUT2D eigenvalue weighted by molar-refractivity contribution is 0.935. The molecular formula is C20H19N5OS2. The Morgan fingerprint density at radius 2 is 2.11 bits per heavy atom. The van der Waals surface area contributed by atoms with Gasteiger partial charge < -0.3 is 5.32 Å². The molecule has 2 heterocycles. The molecule has 0 atom stereocenters. The van der Waals surface area contributed by atoms with Crippen LogP contribution in [0.3, 0.4) is 0 Å². The first-order valence-electron chi connectivity index (χ1n) is 8.52. The van der Waals surface area contributed by atoms with Gasteiger partial charge in [0.15, 0.2) is 5.11 Å². The molecule has 0 aliphatic carbocycles. The molecule has 3 rings (SSSR count). The summed E-state index contributed by atoms with van der Waals surface area (Å²) in [5, 5.41) is 7.93. The molecule has 0 saturated carbocycles. The minimum absolute atomic E-state index is 0.198. The van der Waals surface area contributed by atoms with Crippen LogP contribution in [0.25, 0.3) is 5.65 Å². The first-order valence-corrected chi connectivity index (χ1v) is 9.74. The van der Waals surface area contributed by atoms with E-state index in [9.17, 15) is 4.79 Å². The van der Waals surface area contributed by atoms with Crippen LogP contribution in [0.4, 0.5) is 0 Å². The molecule has 0 spiro atoms. The van der Waals surface area contributed by atoms with Crippen LogP contribution in [0.5, 0.6) is 0 Å². The zero-order chi connectivity index (χ0) is 19.9. The number of hydrogen-bond acceptors (Lipinski definition) is 5. The second-order valence-corrected chi connectivity index (χ2v) is 7.32. The van der Waals surface area contributed by atoms with Gasteiger partial charge in [0, 0.05) is 17.6 Å². The van der Waals surface area contributed by atoms with Crippen molar-refractivity contribution in [2.75, 3.05) is 6.54 Å². The van der Waals surface area contributed by atoms with Gasteiger partial charge in [0.05, 0.1) is 11.8 Å². The fourth-order valence-electron chi connectivity index (χ4n) is 2.35. The Kier molecular flexibility index (Phi) is 6.57. The van der Waals surface area contributed by atoms with E-state index in [1.54, 1.807) is 24.4 Å². The second-order valence-electron chi connectivity index (χ2n) is 5.85. The third-order valence-electron chi connectivity index (χ3n) is 3.74. The first-order chi connectivity index (χ1) is 13.6. The summed E-state index contributed by atoms with van der Waals surface area (Å²) >= 11 is 6.53. The number of pyridine rings is 1. The average Bonchev–Trinajstić information content (AvgIpc) is 2.70. The van der Waals surface area contributed by atoms with Crippen LogP contribution in [-0.2, 0) is 0 Å². The normalized spacial score (nSPS) is 10.9. The van der Waals surface area contributed by atoms with Gasteiger partial charge in [-0.05, 0) is 43.4 Å². The van der Waals surface area contributed by atoms with Gasteiger partial charge in [-0.15, -0.1) is 6.58 Å². The van der Waals surface area contributed by atoms with E-state index in [0.717, 1.165) is 4.90 Å². The molecule has 0 aliphatic rings. The van der Waals surface area contributed by atoms with Crippen molar-refractivity contribution in [3.05, 3.63) is 82.8 Å². The summed E-state index contributed by atoms with van der Waals surface area (Å²) in [6.07, 6.45) is 4.83. The molecule has 1 aromatic carbocycles. The van der Waals surface area contributed by atoms with Crippen molar-refractivity contribution in [1.82, 2.24) is 20.1 Å². The van der Waals surface area contributed by atoms with Crippen molar-refractivity contribution >= 4 is 41.0 Å². The second kappa shape index (κ2) is 9.29. The smallest absolute Gasteiger partial charge is 0.267 e. The number of benzene rings is 1. The van der Waals surface area contributed by atoms with Crippen LogP contribution < -0.4 is 16.3 Å². The molecular weight excluding hydrogens is 390 g/mol. The lowest BCUT2D eigenvalue weighted by atomic mass is 10.2. The third kappa shape index (κ3) is 4.85. The standard InChI is InChI=1S/C20H19N5OS2/c1-3-11-21-20(27)24-22-13-16-18(28-15-9-7-14(2)8-10-15)23-17-6-4-5-12-25(17)19(16)26/h3-10,12-13H,1,11H2,2H3,(H2,21,24,27)/b22-13+. The molecule has 0 saturated heterocycles. The van der Waals surface area contributed by atoms with Gasteiger partial charge in [0.2, 0.25) is 0 Å². The largest absolute Gasteiger partial charge is 0.358 e. The van der Waals surface area contributed by atoms with Crippen molar-refractivity contribution in [2.45, 2.75) is 16.8 Å². The van der Waals surface area contributed by atoms with E-state index < -0.39 is 0 Å². The highest BCUT2D eigenvalue weighted by molar-refractivity contribution is 7.99. The maximum atomic E-state index is 13.0. The van der Waals surface area contributed by atoms with Gasteiger partial charge in [-0.2, -0.15) is 5.10 Å². The van der Waals surface area contributed by atoms with Crippen LogP contribution in [0.1, 0.15) is 11.1 Å². The average molecular weight is 410 g/mol. The molecule has 28 heavy (non-hydrogen) atoms. The Hall–Kier alpha value is -2.97. The monoisotopic (exact) mass is 409 g/mol. The van der Waals surface area contributed by atoms with E-state index in [1.807, 2.05) is 37.3 Å². The van der Waals surface area contributed by atoms with E-state index in [0.29, 0.717) is 27.9 Å². The van der Waals surface area contributed by atoms with Crippen LogP contribution in [0, 0.1) is 6.92 Å².